The molecular weight excluding hydrogens is 492 g/mol. The van der Waals surface area contributed by atoms with E-state index in [0.29, 0.717) is 33.3 Å². The minimum Gasteiger partial charge on any atom is -1.00 e. The van der Waals surface area contributed by atoms with E-state index in [4.69, 9.17) is 9.47 Å². The second-order valence-corrected chi connectivity index (χ2v) is 8.16. The zero-order valence-electron chi connectivity index (χ0n) is 15.9. The second kappa shape index (κ2) is 8.90. The molecule has 0 atom stereocenters. The lowest BCUT2D eigenvalue weighted by molar-refractivity contribution is -0.502. The highest BCUT2D eigenvalue weighted by Crippen LogP contribution is 2.35. The Bertz CT molecular complexity index is 1240. The van der Waals surface area contributed by atoms with E-state index in [9.17, 15) is 15.3 Å². The molecule has 0 aliphatic carbocycles. The van der Waals surface area contributed by atoms with Crippen LogP contribution in [-0.4, -0.2) is 35.8 Å². The van der Waals surface area contributed by atoms with Gasteiger partial charge in [0.1, 0.15) is 0 Å². The van der Waals surface area contributed by atoms with Crippen LogP contribution in [0, 0.1) is 0 Å². The van der Waals surface area contributed by atoms with E-state index < -0.39 is 0 Å². The van der Waals surface area contributed by atoms with E-state index in [0.717, 1.165) is 4.14 Å². The number of phenols is 2. The van der Waals surface area contributed by atoms with Gasteiger partial charge in [-0.2, -0.15) is 0 Å². The Morgan fingerprint density at radius 2 is 1.73 bits per heavy atom. The van der Waals surface area contributed by atoms with Crippen LogP contribution in [0.1, 0.15) is 4.88 Å². The van der Waals surface area contributed by atoms with Crippen molar-refractivity contribution < 1.29 is 46.2 Å². The van der Waals surface area contributed by atoms with Crippen molar-refractivity contribution >= 4 is 38.7 Å². The molecule has 4 rings (SSSR count). The maximum atomic E-state index is 10.7. The quantitative estimate of drug-likeness (QED) is 0.213. The number of thiazole rings is 2. The second-order valence-electron chi connectivity index (χ2n) is 6.01. The number of hydrogen-bond acceptors (Lipinski definition) is 8. The van der Waals surface area contributed by atoms with Crippen LogP contribution < -0.4 is 30.9 Å². The first-order chi connectivity index (χ1) is 14.0. The molecule has 0 aliphatic rings. The summed E-state index contributed by atoms with van der Waals surface area (Å²) in [4.78, 5) is 5.03. The molecule has 0 unspecified atom stereocenters. The summed E-state index contributed by atoms with van der Waals surface area (Å²) in [6.07, 6.45) is 1.60. The summed E-state index contributed by atoms with van der Waals surface area (Å²) < 4.78 is 13.1. The van der Waals surface area contributed by atoms with Crippen molar-refractivity contribution in [2.24, 2.45) is 4.99 Å². The van der Waals surface area contributed by atoms with Crippen LogP contribution in [0.4, 0.5) is 5.69 Å². The molecule has 0 aliphatic heterocycles. The summed E-state index contributed by atoms with van der Waals surface area (Å²) in [6.45, 7) is 0. The molecule has 0 radical (unpaired) electrons. The first-order valence-corrected chi connectivity index (χ1v) is 10.1. The average Bonchev–Trinajstić information content (AvgIpc) is 3.28. The number of phenolic OH excluding ortho intramolecular Hbond substituents is 2. The SMILES string of the molecule is COc1ccc(N=Cc2sc3scc(-c4ccc(O)c(O)c4)[n+]3c2O)cc1OC.[Br-]. The number of ether oxygens (including phenoxy) is 2. The minimum atomic E-state index is -0.215. The molecule has 0 saturated carbocycles. The number of fused-ring (bicyclic) bond motifs is 1. The van der Waals surface area contributed by atoms with Crippen LogP contribution in [0.5, 0.6) is 28.9 Å². The molecule has 10 heteroatoms. The Labute approximate surface area is 190 Å². The van der Waals surface area contributed by atoms with Gasteiger partial charge in [-0.05, 0) is 41.7 Å². The lowest BCUT2D eigenvalue weighted by atomic mass is 10.1. The molecule has 3 N–H and O–H groups in total. The molecule has 4 aromatic rings. The fraction of sp³-hybridized carbons (Fsp3) is 0.100. The van der Waals surface area contributed by atoms with E-state index in [-0.39, 0.29) is 34.4 Å². The average molecular weight is 509 g/mol. The van der Waals surface area contributed by atoms with Crippen molar-refractivity contribution in [3.63, 3.8) is 0 Å². The van der Waals surface area contributed by atoms with Crippen LogP contribution in [0.25, 0.3) is 15.4 Å². The lowest BCUT2D eigenvalue weighted by Gasteiger charge is -2.07. The standard InChI is InChI=1S/C20H16N2O5S2.BrH/c1-26-16-6-4-12(8-17(16)27-2)21-9-18-19(25)22-13(10-28-20(22)29-18)11-3-5-14(23)15(24)7-11;/h3-10H,1-2H3,(H2-,21,23,24,25);1H. The van der Waals surface area contributed by atoms with Gasteiger partial charge in [-0.25, -0.2) is 0 Å². The predicted octanol–water partition coefficient (Wildman–Crippen LogP) is 1.10. The summed E-state index contributed by atoms with van der Waals surface area (Å²) in [5.74, 6) is 0.832. The monoisotopic (exact) mass is 508 g/mol. The van der Waals surface area contributed by atoms with Crippen LogP contribution in [-0.2, 0) is 0 Å². The predicted molar refractivity (Wildman–Crippen MR) is 113 cm³/mol. The van der Waals surface area contributed by atoms with Gasteiger partial charge in [0.2, 0.25) is 5.69 Å². The summed E-state index contributed by atoms with van der Waals surface area (Å²) in [5.41, 5.74) is 2.04. The number of halogens is 1. The van der Waals surface area contributed by atoms with E-state index in [1.165, 1.54) is 34.8 Å². The summed E-state index contributed by atoms with van der Waals surface area (Å²) in [7, 11) is 3.13. The third-order valence-corrected chi connectivity index (χ3v) is 6.42. The number of aromatic nitrogens is 1. The van der Waals surface area contributed by atoms with Crippen molar-refractivity contribution in [2.45, 2.75) is 0 Å². The minimum absolute atomic E-state index is 0. The number of methoxy groups -OCH3 is 2. The molecule has 156 valence electrons. The molecule has 2 aromatic carbocycles. The zero-order valence-corrected chi connectivity index (χ0v) is 19.1. The fourth-order valence-corrected chi connectivity index (χ4v) is 4.94. The van der Waals surface area contributed by atoms with Crippen LogP contribution in [0.2, 0.25) is 0 Å². The number of benzene rings is 2. The van der Waals surface area contributed by atoms with E-state index in [2.05, 4.69) is 4.99 Å². The third kappa shape index (κ3) is 3.93. The highest BCUT2D eigenvalue weighted by molar-refractivity contribution is 7.35. The van der Waals surface area contributed by atoms with Gasteiger partial charge in [-0.3, -0.25) is 4.99 Å². The molecule has 0 amide bonds. The van der Waals surface area contributed by atoms with Gasteiger partial charge < -0.3 is 41.8 Å². The largest absolute Gasteiger partial charge is 1.00 e. The van der Waals surface area contributed by atoms with Gasteiger partial charge in [0.15, 0.2) is 27.9 Å². The number of nitrogens with zero attached hydrogens (tertiary/aromatic N) is 2. The molecule has 2 heterocycles. The van der Waals surface area contributed by atoms with Crippen molar-refractivity contribution in [2.75, 3.05) is 14.2 Å². The summed E-state index contributed by atoms with van der Waals surface area (Å²) in [6, 6.07) is 9.86. The van der Waals surface area contributed by atoms with Gasteiger partial charge in [-0.1, -0.05) is 11.3 Å². The number of aromatic hydroxyl groups is 3. The first-order valence-electron chi connectivity index (χ1n) is 8.45. The molecule has 0 spiro atoms. The lowest BCUT2D eigenvalue weighted by Crippen LogP contribution is -3.00. The van der Waals surface area contributed by atoms with Gasteiger partial charge in [-0.15, -0.1) is 4.40 Å². The Balaban J connectivity index is 0.00000256. The Kier molecular flexibility index (Phi) is 6.49. The first kappa shape index (κ1) is 21.9. The molecule has 0 saturated heterocycles. The van der Waals surface area contributed by atoms with Gasteiger partial charge >= 0.3 is 10.0 Å². The number of aliphatic imine (C=N–C) groups is 1. The maximum absolute atomic E-state index is 10.7. The van der Waals surface area contributed by atoms with E-state index in [1.807, 2.05) is 5.38 Å². The van der Waals surface area contributed by atoms with Gasteiger partial charge in [0.05, 0.1) is 37.1 Å². The smallest absolute Gasteiger partial charge is 0.392 e. The normalized spacial score (nSPS) is 11.0. The van der Waals surface area contributed by atoms with Crippen LogP contribution in [0.15, 0.2) is 46.8 Å². The third-order valence-electron chi connectivity index (χ3n) is 4.29. The highest BCUT2D eigenvalue weighted by atomic mass is 79.9. The molecule has 0 bridgehead atoms. The van der Waals surface area contributed by atoms with E-state index in [1.54, 1.807) is 49.1 Å². The van der Waals surface area contributed by atoms with Crippen molar-refractivity contribution in [3.05, 3.63) is 46.7 Å². The summed E-state index contributed by atoms with van der Waals surface area (Å²) >= 11 is 2.86. The molecular formula is C20H17BrN2O5S2. The molecule has 0 fully saturated rings. The maximum Gasteiger partial charge on any atom is 0.392 e. The van der Waals surface area contributed by atoms with Gasteiger partial charge in [0.25, 0.3) is 0 Å². The van der Waals surface area contributed by atoms with E-state index >= 15 is 0 Å². The Hall–Kier alpha value is -2.82. The Morgan fingerprint density at radius 1 is 0.967 bits per heavy atom. The molecule has 2 aromatic heterocycles. The van der Waals surface area contributed by atoms with Crippen molar-refractivity contribution in [1.82, 2.24) is 0 Å². The topological polar surface area (TPSA) is 95.6 Å². The molecule has 7 nitrogen and oxygen atoms in total. The van der Waals surface area contributed by atoms with Gasteiger partial charge in [0, 0.05) is 6.07 Å². The number of rotatable bonds is 5. The van der Waals surface area contributed by atoms with Crippen LogP contribution >= 0.6 is 22.7 Å². The molecule has 30 heavy (non-hydrogen) atoms. The summed E-state index contributed by atoms with van der Waals surface area (Å²) in [5, 5.41) is 31.9. The highest BCUT2D eigenvalue weighted by Gasteiger charge is 2.27. The number of hydrogen-bond donors (Lipinski definition) is 3. The van der Waals surface area contributed by atoms with Crippen molar-refractivity contribution in [1.29, 1.82) is 0 Å². The van der Waals surface area contributed by atoms with Crippen molar-refractivity contribution in [3.8, 4) is 40.1 Å². The fourth-order valence-electron chi connectivity index (χ4n) is 2.83. The zero-order chi connectivity index (χ0) is 20.5. The Morgan fingerprint density at radius 3 is 2.43 bits per heavy atom. The van der Waals surface area contributed by atoms with Crippen LogP contribution in [0.3, 0.4) is 0 Å².